The predicted molar refractivity (Wildman–Crippen MR) is 88.4 cm³/mol. The fourth-order valence-electron chi connectivity index (χ4n) is 2.05. The third-order valence-electron chi connectivity index (χ3n) is 3.19. The normalized spacial score (nSPS) is 13.8. The van der Waals surface area contributed by atoms with Gasteiger partial charge in [0.1, 0.15) is 9.88 Å². The topological polar surface area (TPSA) is 68.0 Å². The smallest absolute Gasteiger partial charge is 0.243 e. The van der Waals surface area contributed by atoms with E-state index in [1.165, 1.54) is 0 Å². The summed E-state index contributed by atoms with van der Waals surface area (Å²) in [6, 6.07) is 9.66. The van der Waals surface area contributed by atoms with Crippen LogP contribution in [0.1, 0.15) is 18.9 Å². The molecular formula is C15H19N3OS2. The molecule has 1 aromatic heterocycles. The number of hydrogen-bond acceptors (Lipinski definition) is 5. The number of carbonyl (C=O) groups excluding carboxylic acids is 1. The van der Waals surface area contributed by atoms with Crippen LogP contribution in [0, 0.1) is 0 Å². The van der Waals surface area contributed by atoms with Gasteiger partial charge in [-0.2, -0.15) is 0 Å². The highest BCUT2D eigenvalue weighted by molar-refractivity contribution is 8.01. The maximum absolute atomic E-state index is 12.2. The summed E-state index contributed by atoms with van der Waals surface area (Å²) in [4.78, 5) is 16.5. The maximum Gasteiger partial charge on any atom is 0.243 e. The monoisotopic (exact) mass is 321 g/mol. The van der Waals surface area contributed by atoms with Gasteiger partial charge in [0.05, 0.1) is 0 Å². The van der Waals surface area contributed by atoms with E-state index >= 15 is 0 Å². The molecule has 3 N–H and O–H groups in total. The number of benzene rings is 1. The first-order valence-electron chi connectivity index (χ1n) is 6.82. The second kappa shape index (κ2) is 7.59. The van der Waals surface area contributed by atoms with Gasteiger partial charge in [0.15, 0.2) is 0 Å². The molecule has 0 spiro atoms. The third-order valence-corrected chi connectivity index (χ3v) is 5.32. The summed E-state index contributed by atoms with van der Waals surface area (Å²) >= 11 is 3.12. The van der Waals surface area contributed by atoms with Gasteiger partial charge in [-0.15, -0.1) is 11.3 Å². The van der Waals surface area contributed by atoms with Crippen LogP contribution in [0.15, 0.2) is 46.2 Å². The number of thioether (sulfide) groups is 1. The number of nitrogens with one attached hydrogen (secondary N) is 1. The van der Waals surface area contributed by atoms with Crippen molar-refractivity contribution in [2.24, 2.45) is 5.73 Å². The average Bonchev–Trinajstić information content (AvgIpc) is 3.02. The zero-order chi connectivity index (χ0) is 15.1. The summed E-state index contributed by atoms with van der Waals surface area (Å²) in [5.41, 5.74) is 5.78. The summed E-state index contributed by atoms with van der Waals surface area (Å²) < 4.78 is 0.940. The molecule has 2 aromatic rings. The molecule has 0 aliphatic carbocycles. The molecule has 1 atom stereocenters. The molecule has 0 radical (unpaired) electrons. The van der Waals surface area contributed by atoms with Crippen molar-refractivity contribution in [3.63, 3.8) is 0 Å². The Morgan fingerprint density at radius 1 is 1.43 bits per heavy atom. The molecule has 1 unspecified atom stereocenters. The lowest BCUT2D eigenvalue weighted by Crippen LogP contribution is -2.54. The second-order valence-corrected chi connectivity index (χ2v) is 6.77. The van der Waals surface area contributed by atoms with Crippen LogP contribution < -0.4 is 11.1 Å². The zero-order valence-corrected chi connectivity index (χ0v) is 13.5. The number of carbonyl (C=O) groups is 1. The number of nitrogens with two attached hydrogens (primary N) is 1. The van der Waals surface area contributed by atoms with Gasteiger partial charge in [0.25, 0.3) is 0 Å². The molecule has 0 aliphatic heterocycles. The van der Waals surface area contributed by atoms with Gasteiger partial charge in [-0.3, -0.25) is 10.1 Å². The summed E-state index contributed by atoms with van der Waals surface area (Å²) in [7, 11) is 0. The number of primary amides is 1. The fourth-order valence-corrected chi connectivity index (χ4v) is 3.91. The van der Waals surface area contributed by atoms with Crippen LogP contribution in [0.2, 0.25) is 0 Å². The number of nitrogens with zero attached hydrogens (tertiary/aromatic N) is 1. The van der Waals surface area contributed by atoms with Crippen LogP contribution in [0.4, 0.5) is 0 Å². The highest BCUT2D eigenvalue weighted by Gasteiger charge is 2.38. The molecule has 4 nitrogen and oxygen atoms in total. The second-order valence-electron chi connectivity index (χ2n) is 4.65. The van der Waals surface area contributed by atoms with Gasteiger partial charge in [-0.05, 0) is 18.5 Å². The Bertz CT molecular complexity index is 560. The van der Waals surface area contributed by atoms with E-state index in [1.807, 2.05) is 35.7 Å². The molecule has 0 saturated heterocycles. The van der Waals surface area contributed by atoms with Gasteiger partial charge in [-0.1, -0.05) is 49.0 Å². The van der Waals surface area contributed by atoms with Gasteiger partial charge in [-0.25, -0.2) is 4.98 Å². The van der Waals surface area contributed by atoms with Crippen LogP contribution in [-0.4, -0.2) is 23.2 Å². The van der Waals surface area contributed by atoms with Crippen LogP contribution in [-0.2, 0) is 10.3 Å². The van der Waals surface area contributed by atoms with E-state index in [9.17, 15) is 4.79 Å². The van der Waals surface area contributed by atoms with Crippen LogP contribution >= 0.6 is 23.1 Å². The van der Waals surface area contributed by atoms with Crippen molar-refractivity contribution < 1.29 is 4.79 Å². The quantitative estimate of drug-likeness (QED) is 0.733. The minimum absolute atomic E-state index is 0.355. The number of amides is 1. The first-order valence-corrected chi connectivity index (χ1v) is 8.68. The van der Waals surface area contributed by atoms with Crippen LogP contribution in [0.3, 0.4) is 0 Å². The van der Waals surface area contributed by atoms with Crippen molar-refractivity contribution in [1.82, 2.24) is 10.3 Å². The minimum Gasteiger partial charge on any atom is -0.368 e. The highest BCUT2D eigenvalue weighted by Crippen LogP contribution is 2.30. The Labute approximate surface area is 133 Å². The predicted octanol–water partition coefficient (Wildman–Crippen LogP) is 2.62. The van der Waals surface area contributed by atoms with Gasteiger partial charge in [0.2, 0.25) is 5.91 Å². The van der Waals surface area contributed by atoms with E-state index < -0.39 is 5.54 Å². The molecule has 0 aliphatic rings. The highest BCUT2D eigenvalue weighted by atomic mass is 32.2. The fraction of sp³-hybridized carbons (Fsp3) is 0.333. The van der Waals surface area contributed by atoms with E-state index in [1.54, 1.807) is 29.3 Å². The van der Waals surface area contributed by atoms with Crippen molar-refractivity contribution in [2.45, 2.75) is 23.2 Å². The van der Waals surface area contributed by atoms with E-state index in [2.05, 4.69) is 17.2 Å². The number of thiazole rings is 1. The Kier molecular flexibility index (Phi) is 5.78. The van der Waals surface area contributed by atoms with E-state index in [0.29, 0.717) is 5.75 Å². The Morgan fingerprint density at radius 3 is 2.76 bits per heavy atom. The lowest BCUT2D eigenvalue weighted by Gasteiger charge is -2.32. The minimum atomic E-state index is -0.867. The summed E-state index contributed by atoms with van der Waals surface area (Å²) in [5.74, 6) is 0.172. The molecule has 6 heteroatoms. The first-order chi connectivity index (χ1) is 10.2. The Balaban J connectivity index is 2.28. The molecule has 1 amide bonds. The molecular weight excluding hydrogens is 302 g/mol. The SMILES string of the molecule is CCCNC(CSc1nccs1)(C(N)=O)c1ccccc1. The van der Waals surface area contributed by atoms with E-state index in [4.69, 9.17) is 5.73 Å². The summed E-state index contributed by atoms with van der Waals surface area (Å²) in [6.45, 7) is 2.80. The first kappa shape index (κ1) is 16.0. The van der Waals surface area contributed by atoms with Crippen molar-refractivity contribution >= 4 is 29.0 Å². The molecule has 2 rings (SSSR count). The largest absolute Gasteiger partial charge is 0.368 e. The molecule has 0 fully saturated rings. The van der Waals surface area contributed by atoms with Gasteiger partial charge in [0, 0.05) is 17.3 Å². The van der Waals surface area contributed by atoms with Crippen molar-refractivity contribution in [1.29, 1.82) is 0 Å². The number of hydrogen-bond donors (Lipinski definition) is 2. The molecule has 21 heavy (non-hydrogen) atoms. The van der Waals surface area contributed by atoms with Crippen molar-refractivity contribution in [2.75, 3.05) is 12.3 Å². The standard InChI is InChI=1S/C15H19N3OS2/c1-2-8-18-15(13(16)19,12-6-4-3-5-7-12)11-21-14-17-9-10-20-14/h3-7,9-10,18H,2,8,11H2,1H3,(H2,16,19). The average molecular weight is 321 g/mol. The summed E-state index contributed by atoms with van der Waals surface area (Å²) in [6.07, 6.45) is 2.70. The summed E-state index contributed by atoms with van der Waals surface area (Å²) in [5, 5.41) is 5.27. The van der Waals surface area contributed by atoms with Crippen molar-refractivity contribution in [3.05, 3.63) is 47.5 Å². The Hall–Kier alpha value is -1.37. The van der Waals surface area contributed by atoms with Gasteiger partial charge < -0.3 is 5.73 Å². The van der Waals surface area contributed by atoms with Crippen molar-refractivity contribution in [3.8, 4) is 0 Å². The van der Waals surface area contributed by atoms with Crippen LogP contribution in [0.5, 0.6) is 0 Å². The molecule has 1 heterocycles. The number of aromatic nitrogens is 1. The van der Waals surface area contributed by atoms with Gasteiger partial charge >= 0.3 is 0 Å². The lowest BCUT2D eigenvalue weighted by atomic mass is 9.91. The third kappa shape index (κ3) is 3.84. The lowest BCUT2D eigenvalue weighted by molar-refractivity contribution is -0.123. The molecule has 112 valence electrons. The van der Waals surface area contributed by atoms with Crippen LogP contribution in [0.25, 0.3) is 0 Å². The maximum atomic E-state index is 12.2. The Morgan fingerprint density at radius 2 is 2.19 bits per heavy atom. The zero-order valence-electron chi connectivity index (χ0n) is 11.9. The van der Waals surface area contributed by atoms with E-state index in [-0.39, 0.29) is 5.91 Å². The number of rotatable bonds is 8. The molecule has 1 aromatic carbocycles. The van der Waals surface area contributed by atoms with E-state index in [0.717, 1.165) is 22.9 Å². The molecule has 0 saturated carbocycles. The molecule has 0 bridgehead atoms.